The van der Waals surface area contributed by atoms with Gasteiger partial charge in [-0.05, 0) is 12.1 Å². The molecule has 0 radical (unpaired) electrons. The third-order valence-electron chi connectivity index (χ3n) is 4.29. The Morgan fingerprint density at radius 3 is 2.69 bits per heavy atom. The third kappa shape index (κ3) is 2.82. The average Bonchev–Trinajstić information content (AvgIpc) is 3.23. The molecule has 1 aliphatic rings. The highest BCUT2D eigenvalue weighted by Crippen LogP contribution is 2.34. The van der Waals surface area contributed by atoms with Crippen molar-refractivity contribution >= 4 is 23.3 Å². The average molecular weight is 355 g/mol. The van der Waals surface area contributed by atoms with Crippen LogP contribution in [0.1, 0.15) is 16.8 Å². The molecule has 0 aliphatic carbocycles. The summed E-state index contributed by atoms with van der Waals surface area (Å²) in [4.78, 5) is 26.5. The van der Waals surface area contributed by atoms with E-state index in [0.717, 1.165) is 4.68 Å². The van der Waals surface area contributed by atoms with E-state index in [4.69, 9.17) is 20.5 Å². The van der Waals surface area contributed by atoms with Gasteiger partial charge in [0, 0.05) is 24.7 Å². The number of carbonyl (C=O) groups excluding carboxylic acids is 2. The molecule has 0 saturated carbocycles. The lowest BCUT2D eigenvalue weighted by Crippen LogP contribution is -2.28. The molecule has 26 heavy (non-hydrogen) atoms. The fraction of sp³-hybridized carbons (Fsp3) is 0.294. The highest BCUT2D eigenvalue weighted by molar-refractivity contribution is 6.01. The smallest absolute Gasteiger partial charge is 0.254 e. The van der Waals surface area contributed by atoms with Crippen LogP contribution < -0.4 is 20.1 Å². The monoisotopic (exact) mass is 355 g/mol. The summed E-state index contributed by atoms with van der Waals surface area (Å²) in [5.41, 5.74) is 6.49. The van der Waals surface area contributed by atoms with Crippen LogP contribution in [0.15, 0.2) is 24.4 Å². The molecule has 2 aromatic rings. The molecule has 1 aromatic heterocycles. The number of anilines is 2. The number of amides is 1. The van der Waals surface area contributed by atoms with Crippen LogP contribution in [-0.2, 0) is 4.79 Å². The van der Waals surface area contributed by atoms with E-state index >= 15 is 0 Å². The summed E-state index contributed by atoms with van der Waals surface area (Å²) < 4.78 is 11.4. The molecule has 9 nitrogen and oxygen atoms in total. The van der Waals surface area contributed by atoms with Gasteiger partial charge in [0.2, 0.25) is 5.91 Å². The van der Waals surface area contributed by atoms with Crippen molar-refractivity contribution in [3.63, 3.8) is 0 Å². The molecular formula is C17H17N5O4. The molecule has 9 heteroatoms. The van der Waals surface area contributed by atoms with Crippen molar-refractivity contribution in [3.05, 3.63) is 30.0 Å². The summed E-state index contributed by atoms with van der Waals surface area (Å²) in [7, 11) is 3.03. The Bertz CT molecular complexity index is 914. The van der Waals surface area contributed by atoms with Gasteiger partial charge in [0.1, 0.15) is 17.5 Å². The summed E-state index contributed by atoms with van der Waals surface area (Å²) in [6, 6.07) is 6.96. The summed E-state index contributed by atoms with van der Waals surface area (Å²) >= 11 is 0. The van der Waals surface area contributed by atoms with Gasteiger partial charge >= 0.3 is 0 Å². The Kier molecular flexibility index (Phi) is 4.49. The maximum absolute atomic E-state index is 12.6. The van der Waals surface area contributed by atoms with Gasteiger partial charge in [-0.3, -0.25) is 9.59 Å². The fourth-order valence-electron chi connectivity index (χ4n) is 2.91. The van der Waals surface area contributed by atoms with Crippen LogP contribution in [0, 0.1) is 17.2 Å². The number of methoxy groups -OCH3 is 2. The summed E-state index contributed by atoms with van der Waals surface area (Å²) in [5.74, 6) is -0.201. The fourth-order valence-corrected chi connectivity index (χ4v) is 2.91. The van der Waals surface area contributed by atoms with Crippen molar-refractivity contribution in [2.45, 2.75) is 6.42 Å². The molecule has 0 spiro atoms. The second-order valence-electron chi connectivity index (χ2n) is 5.75. The van der Waals surface area contributed by atoms with E-state index in [1.165, 1.54) is 25.3 Å². The van der Waals surface area contributed by atoms with E-state index in [2.05, 4.69) is 5.10 Å². The lowest BCUT2D eigenvalue weighted by Gasteiger charge is -2.18. The number of aromatic nitrogens is 2. The minimum atomic E-state index is -0.607. The van der Waals surface area contributed by atoms with Crippen molar-refractivity contribution in [1.82, 2.24) is 9.78 Å². The van der Waals surface area contributed by atoms with E-state index in [1.807, 2.05) is 6.07 Å². The number of nitrogen functional groups attached to an aromatic ring is 1. The van der Waals surface area contributed by atoms with Crippen LogP contribution in [0.3, 0.4) is 0 Å². The van der Waals surface area contributed by atoms with Gasteiger partial charge in [-0.15, -0.1) is 0 Å². The van der Waals surface area contributed by atoms with Crippen LogP contribution in [0.4, 0.5) is 11.5 Å². The van der Waals surface area contributed by atoms with E-state index in [0.29, 0.717) is 17.2 Å². The van der Waals surface area contributed by atoms with E-state index in [-0.39, 0.29) is 30.3 Å². The first kappa shape index (κ1) is 17.3. The molecule has 1 saturated heterocycles. The number of ether oxygens (including phenoxy) is 2. The van der Waals surface area contributed by atoms with Crippen LogP contribution in [0.25, 0.3) is 0 Å². The second kappa shape index (κ2) is 6.76. The molecule has 1 fully saturated rings. The van der Waals surface area contributed by atoms with E-state index in [1.54, 1.807) is 18.2 Å². The van der Waals surface area contributed by atoms with Crippen LogP contribution in [0.2, 0.25) is 0 Å². The van der Waals surface area contributed by atoms with Gasteiger partial charge < -0.3 is 20.1 Å². The molecule has 2 heterocycles. The Morgan fingerprint density at radius 2 is 2.08 bits per heavy atom. The number of benzene rings is 1. The number of nitriles is 1. The highest BCUT2D eigenvalue weighted by Gasteiger charge is 2.37. The quantitative estimate of drug-likeness (QED) is 0.869. The summed E-state index contributed by atoms with van der Waals surface area (Å²) in [6.45, 7) is 0.189. The Hall–Kier alpha value is -3.54. The third-order valence-corrected chi connectivity index (χ3v) is 4.29. The maximum atomic E-state index is 12.6. The van der Waals surface area contributed by atoms with E-state index < -0.39 is 11.8 Å². The predicted octanol–water partition coefficient (Wildman–Crippen LogP) is 1.05. The normalized spacial score (nSPS) is 16.4. The van der Waals surface area contributed by atoms with Gasteiger partial charge in [-0.2, -0.15) is 15.0 Å². The number of rotatable bonds is 4. The van der Waals surface area contributed by atoms with Crippen molar-refractivity contribution in [3.8, 4) is 17.6 Å². The summed E-state index contributed by atoms with van der Waals surface area (Å²) in [6.07, 6.45) is 1.27. The number of nitrogens with zero attached hydrogens (tertiary/aromatic N) is 4. The zero-order valence-corrected chi connectivity index (χ0v) is 14.3. The standard InChI is InChI=1S/C17H17N5O4/c1-25-13-4-3-12(6-14(13)26-2)21-9-10(5-15(21)23)17(24)22-16(19)11(7-18)8-20-22/h3-4,6,8,10H,5,9,19H2,1-2H3. The van der Waals surface area contributed by atoms with Gasteiger partial charge in [-0.25, -0.2) is 0 Å². The molecule has 134 valence electrons. The maximum Gasteiger partial charge on any atom is 0.254 e. The minimum Gasteiger partial charge on any atom is -0.493 e. The topological polar surface area (TPSA) is 123 Å². The number of nitrogens with two attached hydrogens (primary N) is 1. The van der Waals surface area contributed by atoms with Crippen LogP contribution in [0.5, 0.6) is 11.5 Å². The molecule has 2 N–H and O–H groups in total. The SMILES string of the molecule is COc1ccc(N2CC(C(=O)n3ncc(C#N)c3N)CC2=O)cc1OC. The lowest BCUT2D eigenvalue weighted by atomic mass is 10.1. The van der Waals surface area contributed by atoms with Gasteiger partial charge in [0.15, 0.2) is 11.5 Å². The van der Waals surface area contributed by atoms with Gasteiger partial charge in [-0.1, -0.05) is 0 Å². The molecule has 1 aromatic carbocycles. The molecule has 0 bridgehead atoms. The highest BCUT2D eigenvalue weighted by atomic mass is 16.5. The minimum absolute atomic E-state index is 0.0190. The number of hydrogen-bond donors (Lipinski definition) is 1. The molecule has 1 aliphatic heterocycles. The van der Waals surface area contributed by atoms with Crippen molar-refractivity contribution < 1.29 is 19.1 Å². The molecule has 1 amide bonds. The molecule has 3 rings (SSSR count). The van der Waals surface area contributed by atoms with Crippen LogP contribution >= 0.6 is 0 Å². The molecule has 1 atom stereocenters. The largest absolute Gasteiger partial charge is 0.493 e. The lowest BCUT2D eigenvalue weighted by molar-refractivity contribution is -0.117. The van der Waals surface area contributed by atoms with Crippen molar-refractivity contribution in [2.24, 2.45) is 5.92 Å². The first-order valence-corrected chi connectivity index (χ1v) is 7.80. The second-order valence-corrected chi connectivity index (χ2v) is 5.75. The van der Waals surface area contributed by atoms with Gasteiger partial charge in [0.25, 0.3) is 5.91 Å². The Morgan fingerprint density at radius 1 is 1.35 bits per heavy atom. The number of hydrogen-bond acceptors (Lipinski definition) is 7. The molecule has 1 unspecified atom stereocenters. The Labute approximate surface area is 149 Å². The zero-order chi connectivity index (χ0) is 18.8. The zero-order valence-electron chi connectivity index (χ0n) is 14.3. The first-order chi connectivity index (χ1) is 12.5. The number of carbonyl (C=O) groups is 2. The Balaban J connectivity index is 1.83. The van der Waals surface area contributed by atoms with Gasteiger partial charge in [0.05, 0.1) is 26.3 Å². The van der Waals surface area contributed by atoms with Crippen LogP contribution in [-0.4, -0.2) is 42.4 Å². The molecular weight excluding hydrogens is 338 g/mol. The van der Waals surface area contributed by atoms with Crippen molar-refractivity contribution in [1.29, 1.82) is 5.26 Å². The van der Waals surface area contributed by atoms with Crippen molar-refractivity contribution in [2.75, 3.05) is 31.4 Å². The first-order valence-electron chi connectivity index (χ1n) is 7.80. The predicted molar refractivity (Wildman–Crippen MR) is 92.0 cm³/mol. The van der Waals surface area contributed by atoms with E-state index in [9.17, 15) is 9.59 Å². The summed E-state index contributed by atoms with van der Waals surface area (Å²) in [5, 5.41) is 12.8.